The normalized spacial score (nSPS) is 27.4. The van der Waals surface area contributed by atoms with Crippen LogP contribution in [0.25, 0.3) is 6.08 Å². The second-order valence-corrected chi connectivity index (χ2v) is 8.26. The molecule has 0 radical (unpaired) electrons. The smallest absolute Gasteiger partial charge is 0.302 e. The van der Waals surface area contributed by atoms with Crippen molar-refractivity contribution in [2.45, 2.75) is 43.7 Å². The monoisotopic (exact) mass is 508 g/mol. The number of carbonyl (C=O) groups is 1. The van der Waals surface area contributed by atoms with Crippen LogP contribution in [0.4, 0.5) is 0 Å². The van der Waals surface area contributed by atoms with Gasteiger partial charge in [-0.15, -0.1) is 0 Å². The number of hydrogen-bond acceptors (Lipinski definition) is 13. The summed E-state index contributed by atoms with van der Waals surface area (Å²) in [6, 6.07) is 4.35. The van der Waals surface area contributed by atoms with Gasteiger partial charge >= 0.3 is 5.97 Å². The van der Waals surface area contributed by atoms with Crippen molar-refractivity contribution in [3.63, 3.8) is 0 Å². The maximum absolute atomic E-state index is 11.2. The molecule has 2 aliphatic heterocycles. The molecule has 1 fully saturated rings. The van der Waals surface area contributed by atoms with Crippen LogP contribution in [0.1, 0.15) is 24.2 Å². The maximum Gasteiger partial charge on any atom is 0.302 e. The average Bonchev–Trinajstić information content (AvgIpc) is 2.81. The van der Waals surface area contributed by atoms with Crippen molar-refractivity contribution in [1.82, 2.24) is 0 Å². The molecule has 8 N–H and O–H groups in total. The Bertz CT molecular complexity index is 1170. The average molecular weight is 508 g/mol. The molecule has 13 nitrogen and oxygen atoms in total. The molecule has 2 heterocycles. The lowest BCUT2D eigenvalue weighted by Crippen LogP contribution is -2.59. The molecule has 13 heteroatoms. The summed E-state index contributed by atoms with van der Waals surface area (Å²) in [6.45, 7) is 0.676. The first-order valence-corrected chi connectivity index (χ1v) is 10.6. The van der Waals surface area contributed by atoms with Gasteiger partial charge in [0.25, 0.3) is 0 Å². The van der Waals surface area contributed by atoms with Crippen molar-refractivity contribution in [3.8, 4) is 34.5 Å². The topological polar surface area (TPSA) is 216 Å². The number of rotatable bonds is 5. The third-order valence-electron chi connectivity index (χ3n) is 5.66. The van der Waals surface area contributed by atoms with E-state index >= 15 is 0 Å². The number of esters is 1. The van der Waals surface area contributed by atoms with E-state index in [9.17, 15) is 45.6 Å². The lowest BCUT2D eigenvalue weighted by atomic mass is 9.98. The second-order valence-electron chi connectivity index (χ2n) is 8.26. The number of phenols is 5. The highest BCUT2D eigenvalue weighted by Crippen LogP contribution is 2.46. The van der Waals surface area contributed by atoms with Gasteiger partial charge in [-0.2, -0.15) is 0 Å². The highest BCUT2D eigenvalue weighted by atomic mass is 16.7. The highest BCUT2D eigenvalue weighted by Gasteiger charge is 2.46. The van der Waals surface area contributed by atoms with Crippen LogP contribution in [-0.4, -0.2) is 84.1 Å². The number of aromatic hydroxyl groups is 5. The number of fused-ring (bicyclic) bond motifs is 1. The molecule has 0 aromatic heterocycles. The third kappa shape index (κ3) is 4.77. The van der Waals surface area contributed by atoms with E-state index in [4.69, 9.17) is 18.9 Å². The van der Waals surface area contributed by atoms with E-state index in [-0.39, 0.29) is 28.4 Å². The Morgan fingerprint density at radius 3 is 2.22 bits per heavy atom. The second kappa shape index (κ2) is 9.62. The highest BCUT2D eigenvalue weighted by molar-refractivity contribution is 5.70. The van der Waals surface area contributed by atoms with Crippen molar-refractivity contribution in [2.24, 2.45) is 0 Å². The van der Waals surface area contributed by atoms with E-state index < -0.39 is 72.4 Å². The van der Waals surface area contributed by atoms with Gasteiger partial charge in [-0.25, -0.2) is 0 Å². The summed E-state index contributed by atoms with van der Waals surface area (Å²) in [5, 5.41) is 80.7. The summed E-state index contributed by atoms with van der Waals surface area (Å²) in [5.74, 6) is -3.72. The Labute approximate surface area is 203 Å². The number of aliphatic hydroxyl groups is 3. The predicted molar refractivity (Wildman–Crippen MR) is 117 cm³/mol. The van der Waals surface area contributed by atoms with E-state index in [1.165, 1.54) is 12.1 Å². The molecule has 0 amide bonds. The molecule has 1 saturated heterocycles. The standard InChI is InChI=1S/C23H24O13/c1-8(24)33-7-17-19(30)20(31)21(32)23(36-17)35-16-6-11-12(26)4-10(25)5-15(11)34-22(16)9-2-13(27)18(29)14(28)3-9/h2-6,17,19-23,25-32H,7H2,1H3/t17-,19+,20+,21-,22?,23-/m1/s1. The summed E-state index contributed by atoms with van der Waals surface area (Å²) in [4.78, 5) is 11.2. The van der Waals surface area contributed by atoms with Crippen molar-refractivity contribution >= 4 is 12.0 Å². The summed E-state index contributed by atoms with van der Waals surface area (Å²) in [7, 11) is 0. The molecule has 1 unspecified atom stereocenters. The minimum atomic E-state index is -1.79. The Morgan fingerprint density at radius 1 is 0.917 bits per heavy atom. The first kappa shape index (κ1) is 25.2. The van der Waals surface area contributed by atoms with E-state index in [0.29, 0.717) is 0 Å². The predicted octanol–water partition coefficient (Wildman–Crippen LogP) is 0.0765. The quantitative estimate of drug-likeness (QED) is 0.198. The first-order chi connectivity index (χ1) is 17.0. The summed E-state index contributed by atoms with van der Waals surface area (Å²) >= 11 is 0. The van der Waals surface area contributed by atoms with Gasteiger partial charge in [-0.3, -0.25) is 4.79 Å². The van der Waals surface area contributed by atoms with Crippen LogP contribution in [0.3, 0.4) is 0 Å². The molecule has 4 rings (SSSR count). The molecule has 0 spiro atoms. The van der Waals surface area contributed by atoms with Crippen LogP contribution in [0, 0.1) is 0 Å². The molecule has 6 atom stereocenters. The van der Waals surface area contributed by atoms with Crippen molar-refractivity contribution in [2.75, 3.05) is 6.61 Å². The lowest BCUT2D eigenvalue weighted by Gasteiger charge is -2.41. The van der Waals surface area contributed by atoms with Gasteiger partial charge in [0, 0.05) is 24.6 Å². The Hall–Kier alpha value is -3.91. The zero-order chi connectivity index (χ0) is 26.3. The number of hydrogen-bond donors (Lipinski definition) is 8. The number of phenolic OH excluding ortho intramolecular Hbond substituents is 5. The largest absolute Gasteiger partial charge is 0.508 e. The van der Waals surface area contributed by atoms with E-state index in [1.54, 1.807) is 0 Å². The van der Waals surface area contributed by atoms with E-state index in [1.807, 2.05) is 0 Å². The fourth-order valence-electron chi connectivity index (χ4n) is 3.83. The van der Waals surface area contributed by atoms with Gasteiger partial charge in [0.15, 0.2) is 23.4 Å². The van der Waals surface area contributed by atoms with Crippen LogP contribution in [-0.2, 0) is 19.0 Å². The van der Waals surface area contributed by atoms with Gasteiger partial charge in [-0.1, -0.05) is 0 Å². The first-order valence-electron chi connectivity index (χ1n) is 10.6. The van der Waals surface area contributed by atoms with Crippen molar-refractivity contribution in [1.29, 1.82) is 0 Å². The van der Waals surface area contributed by atoms with Gasteiger partial charge in [0.2, 0.25) is 6.29 Å². The van der Waals surface area contributed by atoms with Gasteiger partial charge in [0.1, 0.15) is 54.0 Å². The van der Waals surface area contributed by atoms with E-state index in [2.05, 4.69) is 0 Å². The Balaban J connectivity index is 1.72. The number of ether oxygens (including phenoxy) is 4. The zero-order valence-electron chi connectivity index (χ0n) is 18.7. The SMILES string of the molecule is CC(=O)OC[C@H]1O[C@@H](OC2=Cc3c(O)cc(O)cc3OC2c2cc(O)c(O)c(O)c2)[C@H](O)[C@@H](O)[C@H]1O. The summed E-state index contributed by atoms with van der Waals surface area (Å²) in [5.41, 5.74) is 0.110. The van der Waals surface area contributed by atoms with Gasteiger partial charge < -0.3 is 59.8 Å². The minimum Gasteiger partial charge on any atom is -0.508 e. The molecule has 2 aliphatic rings. The number of benzene rings is 2. The minimum absolute atomic E-state index is 0.00907. The molecular weight excluding hydrogens is 484 g/mol. The van der Waals surface area contributed by atoms with Crippen LogP contribution >= 0.6 is 0 Å². The van der Waals surface area contributed by atoms with Gasteiger partial charge in [0.05, 0.1) is 5.56 Å². The van der Waals surface area contributed by atoms with Crippen molar-refractivity contribution < 1.29 is 64.6 Å². The van der Waals surface area contributed by atoms with Crippen LogP contribution in [0.5, 0.6) is 34.5 Å². The third-order valence-corrected chi connectivity index (χ3v) is 5.66. The maximum atomic E-state index is 11.2. The Morgan fingerprint density at radius 2 is 1.58 bits per heavy atom. The van der Waals surface area contributed by atoms with Gasteiger partial charge in [-0.05, 0) is 18.2 Å². The summed E-state index contributed by atoms with van der Waals surface area (Å²) in [6.07, 6.45) is -8.10. The van der Waals surface area contributed by atoms with E-state index in [0.717, 1.165) is 25.1 Å². The molecule has 2 aromatic carbocycles. The molecule has 2 aromatic rings. The number of carbonyl (C=O) groups excluding carboxylic acids is 1. The zero-order valence-corrected chi connectivity index (χ0v) is 18.7. The van der Waals surface area contributed by atoms with Crippen LogP contribution in [0.15, 0.2) is 30.0 Å². The lowest BCUT2D eigenvalue weighted by molar-refractivity contribution is -0.294. The molecule has 0 aliphatic carbocycles. The molecule has 194 valence electrons. The van der Waals surface area contributed by atoms with Crippen molar-refractivity contribution in [3.05, 3.63) is 41.2 Å². The molecule has 0 bridgehead atoms. The fourth-order valence-corrected chi connectivity index (χ4v) is 3.83. The van der Waals surface area contributed by atoms with Crippen LogP contribution in [0.2, 0.25) is 0 Å². The fraction of sp³-hybridized carbons (Fsp3) is 0.348. The molecule has 0 saturated carbocycles. The van der Waals surface area contributed by atoms with Crippen LogP contribution < -0.4 is 4.74 Å². The number of aliphatic hydroxyl groups excluding tert-OH is 3. The Kier molecular flexibility index (Phi) is 6.73. The summed E-state index contributed by atoms with van der Waals surface area (Å²) < 4.78 is 22.0. The molecule has 36 heavy (non-hydrogen) atoms. The molecular formula is C23H24O13.